The molecule has 160 valence electrons. The van der Waals surface area contributed by atoms with Gasteiger partial charge in [0.25, 0.3) is 5.91 Å². The molecule has 2 aromatic carbocycles. The molecule has 0 aliphatic carbocycles. The van der Waals surface area contributed by atoms with Crippen molar-refractivity contribution >= 4 is 40.5 Å². The highest BCUT2D eigenvalue weighted by Crippen LogP contribution is 2.28. The largest absolute Gasteiger partial charge is 0.391 e. The van der Waals surface area contributed by atoms with Crippen molar-refractivity contribution in [2.24, 2.45) is 12.2 Å². The van der Waals surface area contributed by atoms with Crippen LogP contribution >= 0.6 is 23.2 Å². The molecule has 0 aliphatic rings. The van der Waals surface area contributed by atoms with Gasteiger partial charge >= 0.3 is 0 Å². The number of carbonyl (C=O) groups is 1. The third kappa shape index (κ3) is 5.96. The van der Waals surface area contributed by atoms with Gasteiger partial charge in [-0.05, 0) is 37.1 Å². The van der Waals surface area contributed by atoms with Crippen molar-refractivity contribution in [2.45, 2.75) is 13.8 Å². The predicted molar refractivity (Wildman–Crippen MR) is 126 cm³/mol. The van der Waals surface area contributed by atoms with Gasteiger partial charge in [-0.1, -0.05) is 70.8 Å². The molecule has 1 N–H and O–H groups in total. The normalized spacial score (nSPS) is 11.2. The molecule has 0 fully saturated rings. The highest BCUT2D eigenvalue weighted by molar-refractivity contribution is 6.55. The Balaban J connectivity index is 1.78. The Morgan fingerprint density at radius 1 is 1.19 bits per heavy atom. The summed E-state index contributed by atoms with van der Waals surface area (Å²) in [6.45, 7) is 3.86. The highest BCUT2D eigenvalue weighted by Gasteiger charge is 2.15. The topological polar surface area (TPSA) is 68.5 Å². The van der Waals surface area contributed by atoms with Gasteiger partial charge in [0.2, 0.25) is 0 Å². The molecule has 0 aliphatic heterocycles. The Morgan fingerprint density at radius 2 is 1.90 bits per heavy atom. The lowest BCUT2D eigenvalue weighted by atomic mass is 10.0. The summed E-state index contributed by atoms with van der Waals surface area (Å²) in [5.41, 5.74) is 5.47. The third-order valence-corrected chi connectivity index (χ3v) is 4.87. The summed E-state index contributed by atoms with van der Waals surface area (Å²) in [5, 5.41) is 11.3. The zero-order chi connectivity index (χ0) is 22.4. The number of benzene rings is 2. The molecule has 0 spiro atoms. The average Bonchev–Trinajstić information content (AvgIpc) is 3.09. The van der Waals surface area contributed by atoms with Crippen LogP contribution in [0.4, 0.5) is 5.69 Å². The van der Waals surface area contributed by atoms with Gasteiger partial charge in [0.1, 0.15) is 11.1 Å². The van der Waals surface area contributed by atoms with Crippen LogP contribution in [0.15, 0.2) is 70.5 Å². The van der Waals surface area contributed by atoms with E-state index in [1.807, 2.05) is 62.4 Å². The van der Waals surface area contributed by atoms with Gasteiger partial charge in [-0.2, -0.15) is 5.10 Å². The number of hydrogen-bond donors (Lipinski definition) is 1. The quantitative estimate of drug-likeness (QED) is 0.281. The van der Waals surface area contributed by atoms with E-state index in [1.165, 1.54) is 6.08 Å². The van der Waals surface area contributed by atoms with E-state index in [0.29, 0.717) is 11.3 Å². The summed E-state index contributed by atoms with van der Waals surface area (Å²) >= 11 is 11.1. The SMILES string of the molecule is C/C(=N\OCC=C(Cl)Cl)c1ccc(-c2ccccc2NC(=O)c2cn(C)nc2C)cc1. The predicted octanol–water partition coefficient (Wildman–Crippen LogP) is 5.71. The highest BCUT2D eigenvalue weighted by atomic mass is 35.5. The van der Waals surface area contributed by atoms with Crippen LogP contribution in [-0.2, 0) is 11.9 Å². The number of halogens is 2. The van der Waals surface area contributed by atoms with E-state index in [9.17, 15) is 4.79 Å². The van der Waals surface area contributed by atoms with Crippen molar-refractivity contribution in [2.75, 3.05) is 11.9 Å². The van der Waals surface area contributed by atoms with E-state index in [-0.39, 0.29) is 17.0 Å². The molecule has 1 heterocycles. The molecule has 8 heteroatoms. The molecule has 31 heavy (non-hydrogen) atoms. The number of nitrogens with zero attached hydrogens (tertiary/aromatic N) is 3. The molecule has 0 saturated carbocycles. The van der Waals surface area contributed by atoms with Crippen LogP contribution in [-0.4, -0.2) is 28.0 Å². The van der Waals surface area contributed by atoms with E-state index in [2.05, 4.69) is 15.6 Å². The lowest BCUT2D eigenvalue weighted by Gasteiger charge is -2.12. The Hall–Kier alpha value is -3.09. The minimum atomic E-state index is -0.194. The maximum Gasteiger partial charge on any atom is 0.259 e. The molecule has 0 saturated heterocycles. The standard InChI is InChI=1S/C23H22Cl2N4O2/c1-15(28-31-13-12-22(24)25)17-8-10-18(11-9-17)19-6-4-5-7-21(19)26-23(30)20-14-29(3)27-16(20)2/h4-12,14H,13H2,1-3H3,(H,26,30)/b28-15+. The summed E-state index contributed by atoms with van der Waals surface area (Å²) in [6, 6.07) is 15.5. The van der Waals surface area contributed by atoms with Crippen LogP contribution in [0.3, 0.4) is 0 Å². The van der Waals surface area contributed by atoms with Gasteiger partial charge in [-0.25, -0.2) is 0 Å². The molecular formula is C23H22Cl2N4O2. The maximum atomic E-state index is 12.7. The van der Waals surface area contributed by atoms with Crippen LogP contribution in [0.1, 0.15) is 28.5 Å². The molecular weight excluding hydrogens is 435 g/mol. The van der Waals surface area contributed by atoms with Crippen molar-refractivity contribution in [3.05, 3.63) is 82.1 Å². The summed E-state index contributed by atoms with van der Waals surface area (Å²) in [6.07, 6.45) is 3.23. The van der Waals surface area contributed by atoms with E-state index in [1.54, 1.807) is 17.9 Å². The number of para-hydroxylation sites is 1. The van der Waals surface area contributed by atoms with E-state index in [0.717, 1.165) is 28.1 Å². The van der Waals surface area contributed by atoms with E-state index in [4.69, 9.17) is 28.0 Å². The number of anilines is 1. The molecule has 1 aromatic heterocycles. The monoisotopic (exact) mass is 456 g/mol. The Bertz CT molecular complexity index is 1130. The molecule has 0 atom stereocenters. The fraction of sp³-hybridized carbons (Fsp3) is 0.174. The Labute approximate surface area is 191 Å². The summed E-state index contributed by atoms with van der Waals surface area (Å²) in [5.74, 6) is -0.194. The number of carbonyl (C=O) groups excluding carboxylic acids is 1. The molecule has 0 bridgehead atoms. The number of hydrogen-bond acceptors (Lipinski definition) is 4. The fourth-order valence-electron chi connectivity index (χ4n) is 3.03. The summed E-state index contributed by atoms with van der Waals surface area (Å²) in [7, 11) is 1.79. The van der Waals surface area contributed by atoms with Gasteiger partial charge in [-0.3, -0.25) is 9.48 Å². The van der Waals surface area contributed by atoms with Crippen molar-refractivity contribution in [3.8, 4) is 11.1 Å². The maximum absolute atomic E-state index is 12.7. The third-order valence-electron chi connectivity index (χ3n) is 4.56. The van der Waals surface area contributed by atoms with Gasteiger partial charge < -0.3 is 10.2 Å². The minimum absolute atomic E-state index is 0.140. The second-order valence-corrected chi connectivity index (χ2v) is 7.85. The van der Waals surface area contributed by atoms with Crippen molar-refractivity contribution in [1.82, 2.24) is 9.78 Å². The first-order valence-corrected chi connectivity index (χ1v) is 10.3. The minimum Gasteiger partial charge on any atom is -0.391 e. The number of rotatable bonds is 7. The second kappa shape index (κ2) is 10.3. The zero-order valence-electron chi connectivity index (χ0n) is 17.4. The van der Waals surface area contributed by atoms with Gasteiger partial charge in [0.05, 0.1) is 17.0 Å². The first-order chi connectivity index (χ1) is 14.8. The van der Waals surface area contributed by atoms with Crippen molar-refractivity contribution < 1.29 is 9.63 Å². The van der Waals surface area contributed by atoms with Crippen LogP contribution in [0, 0.1) is 6.92 Å². The zero-order valence-corrected chi connectivity index (χ0v) is 18.9. The van der Waals surface area contributed by atoms with Crippen LogP contribution in [0.2, 0.25) is 0 Å². The molecule has 6 nitrogen and oxygen atoms in total. The lowest BCUT2D eigenvalue weighted by molar-refractivity contribution is 0.102. The fourth-order valence-corrected chi connectivity index (χ4v) is 3.16. The molecule has 3 rings (SSSR count). The summed E-state index contributed by atoms with van der Waals surface area (Å²) < 4.78 is 1.77. The Kier molecular flexibility index (Phi) is 7.50. The average molecular weight is 457 g/mol. The first kappa shape index (κ1) is 22.6. The van der Waals surface area contributed by atoms with Crippen molar-refractivity contribution in [1.29, 1.82) is 0 Å². The molecule has 0 unspecified atom stereocenters. The van der Waals surface area contributed by atoms with E-state index >= 15 is 0 Å². The number of amides is 1. The van der Waals surface area contributed by atoms with Crippen molar-refractivity contribution in [3.63, 3.8) is 0 Å². The summed E-state index contributed by atoms with van der Waals surface area (Å²) in [4.78, 5) is 17.9. The number of aromatic nitrogens is 2. The van der Waals surface area contributed by atoms with Crippen LogP contribution in [0.5, 0.6) is 0 Å². The molecule has 0 radical (unpaired) electrons. The van der Waals surface area contributed by atoms with Gasteiger partial charge in [0.15, 0.2) is 0 Å². The van der Waals surface area contributed by atoms with E-state index < -0.39 is 0 Å². The van der Waals surface area contributed by atoms with Crippen LogP contribution in [0.25, 0.3) is 11.1 Å². The smallest absolute Gasteiger partial charge is 0.259 e. The second-order valence-electron chi connectivity index (χ2n) is 6.85. The number of nitrogens with one attached hydrogen (secondary N) is 1. The van der Waals surface area contributed by atoms with Gasteiger partial charge in [-0.15, -0.1) is 0 Å². The molecule has 1 amide bonds. The lowest BCUT2D eigenvalue weighted by Crippen LogP contribution is -2.13. The number of oxime groups is 1. The molecule has 3 aromatic rings. The van der Waals surface area contributed by atoms with Crippen LogP contribution < -0.4 is 5.32 Å². The number of aryl methyl sites for hydroxylation is 2. The first-order valence-electron chi connectivity index (χ1n) is 9.54. The van der Waals surface area contributed by atoms with Gasteiger partial charge in [0, 0.05) is 24.5 Å². The Morgan fingerprint density at radius 3 is 2.55 bits per heavy atom.